The van der Waals surface area contributed by atoms with Gasteiger partial charge in [-0.15, -0.1) is 0 Å². The fraction of sp³-hybridized carbons (Fsp3) is 1.00. The summed E-state index contributed by atoms with van der Waals surface area (Å²) in [7, 11) is -8.71. The lowest BCUT2D eigenvalue weighted by Crippen LogP contribution is -2.77. The number of aliphatic hydroxyl groups excluding tert-OH is 4. The van der Waals surface area contributed by atoms with Gasteiger partial charge in [-0.2, -0.15) is 0 Å². The third-order valence-corrected chi connectivity index (χ3v) is 13.7. The highest BCUT2D eigenvalue weighted by atomic mass is 28.3. The van der Waals surface area contributed by atoms with E-state index in [9.17, 15) is 20.4 Å². The number of hydrogen-bond donors (Lipinski definition) is 4. The Balaban J connectivity index is 6.97. The first-order chi connectivity index (χ1) is 10.6. The summed E-state index contributed by atoms with van der Waals surface area (Å²) in [6.45, 7) is 24.6. The number of hydrogen-bond acceptors (Lipinski definition) is 4. The molecule has 0 saturated carbocycles. The van der Waals surface area contributed by atoms with Gasteiger partial charge in [0.05, 0.1) is 60.6 Å². The molecule has 0 aliphatic rings. The van der Waals surface area contributed by atoms with Gasteiger partial charge in [-0.25, -0.2) is 0 Å². The Morgan fingerprint density at radius 3 is 0.600 bits per heavy atom. The van der Waals surface area contributed by atoms with Gasteiger partial charge in [-0.1, -0.05) is 78.6 Å². The van der Waals surface area contributed by atoms with E-state index in [0.29, 0.717) is 0 Å². The molecule has 0 aromatic carbocycles. The normalized spacial score (nSPS) is 22.1. The quantitative estimate of drug-likeness (QED) is 0.452. The Labute approximate surface area is 159 Å². The molecule has 4 N–H and O–H groups in total. The molecule has 4 atom stereocenters. The predicted octanol–water partition coefficient (Wildman–Crippen LogP) is 2.93. The summed E-state index contributed by atoms with van der Waals surface area (Å²) in [6, 6.07) is 0. The lowest BCUT2D eigenvalue weighted by Gasteiger charge is -2.59. The van der Waals surface area contributed by atoms with Gasteiger partial charge in [0, 0.05) is 0 Å². The van der Waals surface area contributed by atoms with Gasteiger partial charge in [-0.3, -0.25) is 0 Å². The monoisotopic (exact) mass is 424 g/mol. The molecule has 25 heavy (non-hydrogen) atoms. The van der Waals surface area contributed by atoms with Crippen molar-refractivity contribution < 1.29 is 20.4 Å². The second-order valence-corrected chi connectivity index (χ2v) is 33.2. The summed E-state index contributed by atoms with van der Waals surface area (Å²) < 4.78 is 0. The van der Waals surface area contributed by atoms with E-state index in [-0.39, 0.29) is 0 Å². The van der Waals surface area contributed by atoms with E-state index in [1.165, 1.54) is 0 Å². The topological polar surface area (TPSA) is 80.9 Å². The smallest absolute Gasteiger partial charge is 0.0792 e. The average molecular weight is 425 g/mol. The zero-order valence-electron chi connectivity index (χ0n) is 18.6. The highest BCUT2D eigenvalue weighted by Gasteiger charge is 2.65. The van der Waals surface area contributed by atoms with Gasteiger partial charge in [0.25, 0.3) is 0 Å². The van der Waals surface area contributed by atoms with Crippen molar-refractivity contribution in [2.75, 3.05) is 0 Å². The van der Waals surface area contributed by atoms with E-state index in [1.54, 1.807) is 0 Å². The average Bonchev–Trinajstić information content (AvgIpc) is 2.34. The standard InChI is InChI=1S/C17H44O4Si4/c1-22(2,3)13(18)17(14(19)23(4,5)6,15(20)24(7,8)9)16(21)25(10,11)12/h13-16,18-21H,1-12H3. The summed E-state index contributed by atoms with van der Waals surface area (Å²) >= 11 is 0. The molecule has 8 heteroatoms. The second-order valence-electron chi connectivity index (χ2n) is 12.1. The third-order valence-electron chi connectivity index (χ3n) is 5.18. The van der Waals surface area contributed by atoms with Crippen LogP contribution >= 0.6 is 0 Å². The van der Waals surface area contributed by atoms with Crippen LogP contribution in [0.3, 0.4) is 0 Å². The van der Waals surface area contributed by atoms with Crippen LogP contribution in [0.5, 0.6) is 0 Å². The summed E-state index contributed by atoms with van der Waals surface area (Å²) in [5.74, 6) is 0. The van der Waals surface area contributed by atoms with E-state index in [1.807, 2.05) is 0 Å². The highest BCUT2D eigenvalue weighted by molar-refractivity contribution is 6.83. The van der Waals surface area contributed by atoms with Gasteiger partial charge in [0.15, 0.2) is 0 Å². The molecule has 0 fully saturated rings. The summed E-state index contributed by atoms with van der Waals surface area (Å²) in [5.41, 5.74) is -4.74. The minimum Gasteiger partial charge on any atom is -0.396 e. The van der Waals surface area contributed by atoms with Crippen LogP contribution < -0.4 is 0 Å². The van der Waals surface area contributed by atoms with Crippen molar-refractivity contribution in [1.82, 2.24) is 0 Å². The molecule has 0 spiro atoms. The first-order valence-electron chi connectivity index (χ1n) is 9.34. The zero-order chi connectivity index (χ0) is 20.8. The van der Waals surface area contributed by atoms with Crippen molar-refractivity contribution >= 4 is 32.3 Å². The summed E-state index contributed by atoms with van der Waals surface area (Å²) in [6.07, 6.45) is 0. The Bertz CT molecular complexity index is 358. The SMILES string of the molecule is C[Si](C)(C)C(O)C(C(O)[Si](C)(C)C)(C(O)[Si](C)(C)C)C(O)[Si](C)(C)C. The van der Waals surface area contributed by atoms with Crippen molar-refractivity contribution in [3.8, 4) is 0 Å². The number of rotatable bonds is 8. The van der Waals surface area contributed by atoms with Crippen molar-refractivity contribution in [1.29, 1.82) is 0 Å². The largest absolute Gasteiger partial charge is 0.396 e. The van der Waals surface area contributed by atoms with E-state index in [4.69, 9.17) is 0 Å². The van der Waals surface area contributed by atoms with Crippen LogP contribution in [0, 0.1) is 5.41 Å². The van der Waals surface area contributed by atoms with E-state index in [0.717, 1.165) is 0 Å². The van der Waals surface area contributed by atoms with Gasteiger partial charge in [-0.05, 0) is 0 Å². The molecule has 4 nitrogen and oxygen atoms in total. The lowest BCUT2D eigenvalue weighted by molar-refractivity contribution is -0.113. The third kappa shape index (κ3) is 5.37. The molecule has 152 valence electrons. The van der Waals surface area contributed by atoms with Crippen LogP contribution in [0.1, 0.15) is 0 Å². The molecule has 0 radical (unpaired) electrons. The van der Waals surface area contributed by atoms with E-state index >= 15 is 0 Å². The maximum atomic E-state index is 11.5. The second kappa shape index (κ2) is 7.61. The molecule has 0 saturated heterocycles. The summed E-state index contributed by atoms with van der Waals surface area (Å²) in [4.78, 5) is 0. The van der Waals surface area contributed by atoms with Crippen LogP contribution in [0.2, 0.25) is 78.6 Å². The zero-order valence-corrected chi connectivity index (χ0v) is 22.6. The molecule has 0 aliphatic carbocycles. The first kappa shape index (κ1) is 25.7. The molecule has 0 bridgehead atoms. The molecule has 0 heterocycles. The van der Waals surface area contributed by atoms with Crippen molar-refractivity contribution in [3.05, 3.63) is 0 Å². The predicted molar refractivity (Wildman–Crippen MR) is 120 cm³/mol. The Morgan fingerprint density at radius 1 is 0.400 bits per heavy atom. The molecular formula is C17H44O4Si4. The first-order valence-corrected chi connectivity index (χ1v) is 23.7. The van der Waals surface area contributed by atoms with Crippen LogP contribution in [0.15, 0.2) is 0 Å². The van der Waals surface area contributed by atoms with Gasteiger partial charge >= 0.3 is 0 Å². The molecule has 0 aromatic rings. The van der Waals surface area contributed by atoms with Crippen LogP contribution in [0.4, 0.5) is 0 Å². The Morgan fingerprint density at radius 2 is 0.520 bits per heavy atom. The van der Waals surface area contributed by atoms with Crippen molar-refractivity contribution in [3.63, 3.8) is 0 Å². The highest BCUT2D eigenvalue weighted by Crippen LogP contribution is 2.47. The van der Waals surface area contributed by atoms with Crippen LogP contribution in [0.25, 0.3) is 0 Å². The van der Waals surface area contributed by atoms with E-state index < -0.39 is 60.6 Å². The molecular weight excluding hydrogens is 381 g/mol. The maximum Gasteiger partial charge on any atom is 0.0792 e. The van der Waals surface area contributed by atoms with Gasteiger partial charge in [0.2, 0.25) is 0 Å². The fourth-order valence-corrected chi connectivity index (χ4v) is 12.8. The summed E-state index contributed by atoms with van der Waals surface area (Å²) in [5, 5.41) is 46.2. The van der Waals surface area contributed by atoms with Gasteiger partial charge < -0.3 is 20.4 Å². The fourth-order valence-electron chi connectivity index (χ4n) is 3.90. The Kier molecular flexibility index (Phi) is 7.83. The van der Waals surface area contributed by atoms with Crippen molar-refractivity contribution in [2.24, 2.45) is 5.41 Å². The molecule has 0 amide bonds. The number of aliphatic hydroxyl groups is 4. The van der Waals surface area contributed by atoms with Crippen LogP contribution in [-0.2, 0) is 0 Å². The molecule has 0 rings (SSSR count). The molecule has 4 unspecified atom stereocenters. The van der Waals surface area contributed by atoms with Gasteiger partial charge in [0.1, 0.15) is 0 Å². The molecule has 0 aromatic heterocycles. The minimum atomic E-state index is -2.18. The van der Waals surface area contributed by atoms with Crippen molar-refractivity contribution in [2.45, 2.75) is 101 Å². The van der Waals surface area contributed by atoms with E-state index in [2.05, 4.69) is 78.6 Å². The van der Waals surface area contributed by atoms with Crippen LogP contribution in [-0.4, -0.2) is 75.6 Å². The minimum absolute atomic E-state index is 0.870. The Hall–Kier alpha value is 0.708. The maximum absolute atomic E-state index is 11.5. The molecule has 0 aliphatic heterocycles. The lowest BCUT2D eigenvalue weighted by atomic mass is 9.90.